The predicted molar refractivity (Wildman–Crippen MR) is 94.7 cm³/mol. The summed E-state index contributed by atoms with van der Waals surface area (Å²) in [5.41, 5.74) is 3.12. The van der Waals surface area contributed by atoms with Crippen LogP contribution in [0.25, 0.3) is 0 Å². The molecule has 0 saturated heterocycles. The first-order valence-corrected chi connectivity index (χ1v) is 10.3. The van der Waals surface area contributed by atoms with E-state index < -0.39 is 0 Å². The Hall–Kier alpha value is -0.260. The van der Waals surface area contributed by atoms with Gasteiger partial charge in [-0.2, -0.15) is 0 Å². The maximum absolute atomic E-state index is 2.70. The molecule has 0 heterocycles. The van der Waals surface area contributed by atoms with E-state index in [1.54, 1.807) is 19.3 Å². The number of hydrogen-bond donors (Lipinski definition) is 0. The van der Waals surface area contributed by atoms with Gasteiger partial charge in [-0.05, 0) is 85.9 Å². The van der Waals surface area contributed by atoms with Crippen molar-refractivity contribution in [3.63, 3.8) is 0 Å². The fourth-order valence-corrected chi connectivity index (χ4v) is 7.61. The number of fused-ring (bicyclic) bond motifs is 5. The van der Waals surface area contributed by atoms with Gasteiger partial charge in [-0.1, -0.05) is 51.7 Å². The second-order valence-electron chi connectivity index (χ2n) is 9.57. The third kappa shape index (κ3) is 2.01. The van der Waals surface area contributed by atoms with Gasteiger partial charge in [0.25, 0.3) is 0 Å². The highest BCUT2D eigenvalue weighted by Gasteiger charge is 2.57. The van der Waals surface area contributed by atoms with E-state index in [0.717, 1.165) is 23.7 Å². The zero-order chi connectivity index (χ0) is 15.4. The SMILES string of the molecule is CCCC1=CC[C@H]2[C@@H]3CCC4CCCC[C@]4(C)[C@H]3CC[C@]12C. The van der Waals surface area contributed by atoms with E-state index in [4.69, 9.17) is 0 Å². The smallest absolute Gasteiger partial charge is 0.00823 e. The average molecular weight is 301 g/mol. The lowest BCUT2D eigenvalue weighted by Crippen LogP contribution is -2.52. The molecule has 3 fully saturated rings. The highest BCUT2D eigenvalue weighted by molar-refractivity contribution is 5.25. The topological polar surface area (TPSA) is 0 Å². The molecular formula is C22H36. The molecule has 0 bridgehead atoms. The van der Waals surface area contributed by atoms with Gasteiger partial charge in [-0.15, -0.1) is 0 Å². The molecule has 0 N–H and O–H groups in total. The molecule has 0 heteroatoms. The molecule has 0 amide bonds. The molecule has 0 aromatic rings. The fourth-order valence-electron chi connectivity index (χ4n) is 7.61. The highest BCUT2D eigenvalue weighted by Crippen LogP contribution is 2.66. The molecule has 4 aliphatic carbocycles. The van der Waals surface area contributed by atoms with Gasteiger partial charge in [-0.25, -0.2) is 0 Å². The first-order valence-electron chi connectivity index (χ1n) is 10.3. The van der Waals surface area contributed by atoms with Crippen LogP contribution in [0, 0.1) is 34.5 Å². The van der Waals surface area contributed by atoms with Gasteiger partial charge in [-0.3, -0.25) is 0 Å². The molecule has 22 heavy (non-hydrogen) atoms. The van der Waals surface area contributed by atoms with E-state index in [1.165, 1.54) is 51.4 Å². The van der Waals surface area contributed by atoms with Crippen molar-refractivity contribution in [2.45, 2.75) is 91.4 Å². The van der Waals surface area contributed by atoms with Crippen molar-refractivity contribution in [3.05, 3.63) is 11.6 Å². The van der Waals surface area contributed by atoms with Crippen LogP contribution in [0.2, 0.25) is 0 Å². The normalized spacial score (nSPS) is 50.8. The summed E-state index contributed by atoms with van der Waals surface area (Å²) in [4.78, 5) is 0. The summed E-state index contributed by atoms with van der Waals surface area (Å²) in [7, 11) is 0. The van der Waals surface area contributed by atoms with Crippen molar-refractivity contribution in [2.75, 3.05) is 0 Å². The van der Waals surface area contributed by atoms with Crippen molar-refractivity contribution < 1.29 is 0 Å². The van der Waals surface area contributed by atoms with E-state index in [9.17, 15) is 0 Å². The second kappa shape index (κ2) is 5.38. The predicted octanol–water partition coefficient (Wildman–Crippen LogP) is 6.76. The van der Waals surface area contributed by atoms with Gasteiger partial charge in [0.1, 0.15) is 0 Å². The van der Waals surface area contributed by atoms with Crippen LogP contribution in [0.1, 0.15) is 91.4 Å². The van der Waals surface area contributed by atoms with E-state index in [-0.39, 0.29) is 0 Å². The van der Waals surface area contributed by atoms with Gasteiger partial charge in [0.2, 0.25) is 0 Å². The minimum Gasteiger partial charge on any atom is -0.0845 e. The van der Waals surface area contributed by atoms with Crippen molar-refractivity contribution in [1.29, 1.82) is 0 Å². The minimum absolute atomic E-state index is 0.578. The lowest BCUT2D eigenvalue weighted by molar-refractivity contribution is -0.0991. The van der Waals surface area contributed by atoms with Crippen LogP contribution in [0.3, 0.4) is 0 Å². The molecule has 124 valence electrons. The highest BCUT2D eigenvalue weighted by atomic mass is 14.6. The van der Waals surface area contributed by atoms with Crippen LogP contribution < -0.4 is 0 Å². The Labute approximate surface area is 138 Å². The summed E-state index contributed by atoms with van der Waals surface area (Å²) >= 11 is 0. The van der Waals surface area contributed by atoms with E-state index in [0.29, 0.717) is 10.8 Å². The second-order valence-corrected chi connectivity index (χ2v) is 9.57. The zero-order valence-corrected chi connectivity index (χ0v) is 15.2. The van der Waals surface area contributed by atoms with Crippen LogP contribution in [0.5, 0.6) is 0 Å². The van der Waals surface area contributed by atoms with Gasteiger partial charge in [0.15, 0.2) is 0 Å². The summed E-state index contributed by atoms with van der Waals surface area (Å²) in [6.45, 7) is 7.70. The van der Waals surface area contributed by atoms with Crippen molar-refractivity contribution in [2.24, 2.45) is 34.5 Å². The first kappa shape index (κ1) is 15.3. The van der Waals surface area contributed by atoms with Crippen LogP contribution >= 0.6 is 0 Å². The van der Waals surface area contributed by atoms with Crippen LogP contribution in [-0.4, -0.2) is 0 Å². The summed E-state index contributed by atoms with van der Waals surface area (Å²) in [6.07, 6.45) is 19.0. The molecule has 0 nitrogen and oxygen atoms in total. The molecule has 0 aliphatic heterocycles. The quantitative estimate of drug-likeness (QED) is 0.494. The molecule has 0 radical (unpaired) electrons. The molecule has 1 unspecified atom stereocenters. The Morgan fingerprint density at radius 3 is 2.68 bits per heavy atom. The zero-order valence-electron chi connectivity index (χ0n) is 15.2. The Kier molecular flexibility index (Phi) is 3.74. The molecular weight excluding hydrogens is 264 g/mol. The van der Waals surface area contributed by atoms with E-state index in [2.05, 4.69) is 26.8 Å². The van der Waals surface area contributed by atoms with Gasteiger partial charge in [0.05, 0.1) is 0 Å². The third-order valence-corrected chi connectivity index (χ3v) is 8.84. The maximum atomic E-state index is 2.70. The standard InChI is InChI=1S/C22H36/c1-4-7-16-10-12-19-18-11-9-17-8-5-6-14-21(17,2)20(18)13-15-22(16,19)3/h10,17-20H,4-9,11-15H2,1-3H3/t17?,18-,19-,20-,21-,22+/m0/s1. The Balaban J connectivity index is 1.60. The molecule has 0 spiro atoms. The van der Waals surface area contributed by atoms with E-state index in [1.807, 2.05) is 5.57 Å². The van der Waals surface area contributed by atoms with Crippen molar-refractivity contribution in [3.8, 4) is 0 Å². The van der Waals surface area contributed by atoms with Gasteiger partial charge >= 0.3 is 0 Å². The molecule has 0 aromatic heterocycles. The van der Waals surface area contributed by atoms with Gasteiger partial charge < -0.3 is 0 Å². The van der Waals surface area contributed by atoms with Crippen LogP contribution in [0.15, 0.2) is 11.6 Å². The molecule has 3 saturated carbocycles. The number of hydrogen-bond acceptors (Lipinski definition) is 0. The van der Waals surface area contributed by atoms with E-state index >= 15 is 0 Å². The average Bonchev–Trinajstić information content (AvgIpc) is 2.84. The fraction of sp³-hybridized carbons (Fsp3) is 0.909. The Morgan fingerprint density at radius 2 is 1.86 bits per heavy atom. The lowest BCUT2D eigenvalue weighted by atomic mass is 9.45. The Bertz CT molecular complexity index is 461. The molecule has 4 rings (SSSR count). The molecule has 4 aliphatic rings. The van der Waals surface area contributed by atoms with Gasteiger partial charge in [0, 0.05) is 0 Å². The summed E-state index contributed by atoms with van der Waals surface area (Å²) in [6, 6.07) is 0. The number of rotatable bonds is 2. The molecule has 6 atom stereocenters. The summed E-state index contributed by atoms with van der Waals surface area (Å²) < 4.78 is 0. The summed E-state index contributed by atoms with van der Waals surface area (Å²) in [5.74, 6) is 4.16. The molecule has 0 aromatic carbocycles. The van der Waals surface area contributed by atoms with Crippen molar-refractivity contribution >= 4 is 0 Å². The lowest BCUT2D eigenvalue weighted by Gasteiger charge is -2.60. The largest absolute Gasteiger partial charge is 0.0845 e. The van der Waals surface area contributed by atoms with Crippen LogP contribution in [0.4, 0.5) is 0 Å². The third-order valence-electron chi connectivity index (χ3n) is 8.84. The van der Waals surface area contributed by atoms with Crippen LogP contribution in [-0.2, 0) is 0 Å². The monoisotopic (exact) mass is 300 g/mol. The summed E-state index contributed by atoms with van der Waals surface area (Å²) in [5, 5.41) is 0. The first-order chi connectivity index (χ1) is 10.6. The Morgan fingerprint density at radius 1 is 1.00 bits per heavy atom. The number of allylic oxidation sites excluding steroid dienone is 2. The maximum Gasteiger partial charge on any atom is -0.00823 e. The minimum atomic E-state index is 0.578. The van der Waals surface area contributed by atoms with Crippen molar-refractivity contribution in [1.82, 2.24) is 0 Å².